The molecule has 0 fully saturated rings. The third kappa shape index (κ3) is 3.50. The first-order valence-corrected chi connectivity index (χ1v) is 4.73. The molecule has 0 bridgehead atoms. The van der Waals surface area contributed by atoms with Crippen LogP contribution in [0.25, 0.3) is 0 Å². The molecule has 16 heavy (non-hydrogen) atoms. The van der Waals surface area contributed by atoms with Crippen LogP contribution in [0.3, 0.4) is 0 Å². The molecule has 0 radical (unpaired) electrons. The van der Waals surface area contributed by atoms with Crippen LogP contribution in [-0.4, -0.2) is 20.6 Å². The number of rotatable bonds is 1. The lowest BCUT2D eigenvalue weighted by atomic mass is 10.1. The molecule has 1 aromatic heterocycles. The Bertz CT molecular complexity index is 483. The van der Waals surface area contributed by atoms with Crippen LogP contribution in [-0.2, 0) is 0 Å². The fourth-order valence-corrected chi connectivity index (χ4v) is 1.03. The van der Waals surface area contributed by atoms with Crippen molar-refractivity contribution in [2.24, 2.45) is 0 Å². The van der Waals surface area contributed by atoms with E-state index < -0.39 is 10.5 Å². The minimum atomic E-state index is -1.23. The zero-order valence-electron chi connectivity index (χ0n) is 8.69. The summed E-state index contributed by atoms with van der Waals surface area (Å²) in [5, 5.41) is 20.2. The van der Waals surface area contributed by atoms with Crippen molar-refractivity contribution in [2.45, 2.75) is 19.4 Å². The van der Waals surface area contributed by atoms with E-state index in [1.807, 2.05) is 0 Å². The minimum absolute atomic E-state index is 0.0171. The van der Waals surface area contributed by atoms with E-state index in [9.17, 15) is 15.2 Å². The zero-order valence-corrected chi connectivity index (χ0v) is 9.45. The summed E-state index contributed by atoms with van der Waals surface area (Å²) in [4.78, 5) is 13.8. The van der Waals surface area contributed by atoms with Crippen LogP contribution in [0.2, 0.25) is 5.02 Å². The smallest absolute Gasteiger partial charge is 0.304 e. The van der Waals surface area contributed by atoms with Crippen LogP contribution in [0.1, 0.15) is 19.5 Å². The van der Waals surface area contributed by atoms with Crippen molar-refractivity contribution >= 4 is 17.3 Å². The molecule has 6 heteroatoms. The fourth-order valence-electron chi connectivity index (χ4n) is 0.876. The van der Waals surface area contributed by atoms with Gasteiger partial charge in [-0.2, -0.15) is 0 Å². The van der Waals surface area contributed by atoms with Gasteiger partial charge in [-0.3, -0.25) is 10.1 Å². The summed E-state index contributed by atoms with van der Waals surface area (Å²) < 4.78 is 0. The highest BCUT2D eigenvalue weighted by Gasteiger charge is 2.15. The Balaban J connectivity index is 3.23. The predicted molar refractivity (Wildman–Crippen MR) is 59.1 cm³/mol. The second kappa shape index (κ2) is 4.47. The van der Waals surface area contributed by atoms with Gasteiger partial charge in [-0.1, -0.05) is 17.5 Å². The van der Waals surface area contributed by atoms with Gasteiger partial charge in [-0.05, 0) is 19.8 Å². The Morgan fingerprint density at radius 2 is 2.25 bits per heavy atom. The van der Waals surface area contributed by atoms with Gasteiger partial charge in [0.1, 0.15) is 5.60 Å². The average Bonchev–Trinajstić information content (AvgIpc) is 2.14. The van der Waals surface area contributed by atoms with E-state index >= 15 is 0 Å². The second-order valence-electron chi connectivity index (χ2n) is 3.59. The monoisotopic (exact) mass is 240 g/mol. The molecule has 1 N–H and O–H groups in total. The van der Waals surface area contributed by atoms with Crippen LogP contribution in [0.4, 0.5) is 5.69 Å². The largest absolute Gasteiger partial charge is 0.378 e. The highest BCUT2D eigenvalue weighted by molar-refractivity contribution is 6.30. The molecule has 1 heterocycles. The normalized spacial score (nSPS) is 10.5. The number of aromatic nitrogens is 1. The van der Waals surface area contributed by atoms with Crippen molar-refractivity contribution in [1.82, 2.24) is 4.98 Å². The van der Waals surface area contributed by atoms with Gasteiger partial charge in [0.15, 0.2) is 5.69 Å². The van der Waals surface area contributed by atoms with Crippen molar-refractivity contribution in [1.29, 1.82) is 0 Å². The van der Waals surface area contributed by atoms with Crippen LogP contribution < -0.4 is 0 Å². The summed E-state index contributed by atoms with van der Waals surface area (Å²) in [6, 6.07) is 1.17. The number of pyridine rings is 1. The first kappa shape index (κ1) is 12.4. The average molecular weight is 241 g/mol. The van der Waals surface area contributed by atoms with Crippen molar-refractivity contribution in [2.75, 3.05) is 0 Å². The van der Waals surface area contributed by atoms with Gasteiger partial charge in [-0.15, -0.1) is 0 Å². The molecule has 0 saturated heterocycles. The maximum absolute atomic E-state index is 10.7. The zero-order chi connectivity index (χ0) is 12.3. The molecule has 1 aromatic rings. The number of hydrogen-bond acceptors (Lipinski definition) is 4. The molecule has 0 spiro atoms. The lowest BCUT2D eigenvalue weighted by Crippen LogP contribution is -2.14. The number of nitrogens with zero attached hydrogens (tertiary/aromatic N) is 2. The van der Waals surface area contributed by atoms with Crippen molar-refractivity contribution in [3.63, 3.8) is 0 Å². The predicted octanol–water partition coefficient (Wildman–Crippen LogP) is 1.77. The number of hydrogen-bond donors (Lipinski definition) is 1. The quantitative estimate of drug-likeness (QED) is 0.461. The first-order valence-electron chi connectivity index (χ1n) is 4.35. The molecular weight excluding hydrogens is 232 g/mol. The Labute approximate surface area is 97.2 Å². The summed E-state index contributed by atoms with van der Waals surface area (Å²) >= 11 is 5.59. The van der Waals surface area contributed by atoms with E-state index in [0.29, 0.717) is 0 Å². The molecule has 0 unspecified atom stereocenters. The van der Waals surface area contributed by atoms with Gasteiger partial charge in [0.25, 0.3) is 0 Å². The summed E-state index contributed by atoms with van der Waals surface area (Å²) in [5.74, 6) is 4.90. The molecule has 0 atom stereocenters. The molecule has 0 saturated carbocycles. The first-order chi connectivity index (χ1) is 7.29. The van der Waals surface area contributed by atoms with Crippen molar-refractivity contribution in [3.8, 4) is 11.8 Å². The molecule has 0 aliphatic rings. The van der Waals surface area contributed by atoms with E-state index in [-0.39, 0.29) is 16.4 Å². The lowest BCUT2D eigenvalue weighted by molar-refractivity contribution is -0.385. The highest BCUT2D eigenvalue weighted by Crippen LogP contribution is 2.19. The lowest BCUT2D eigenvalue weighted by Gasteiger charge is -2.05. The van der Waals surface area contributed by atoms with E-state index in [4.69, 9.17) is 11.6 Å². The van der Waals surface area contributed by atoms with E-state index in [1.54, 1.807) is 0 Å². The highest BCUT2D eigenvalue weighted by atomic mass is 35.5. The van der Waals surface area contributed by atoms with Gasteiger partial charge >= 0.3 is 5.69 Å². The molecule has 0 aliphatic carbocycles. The molecule has 0 aliphatic heterocycles. The standard InChI is InChI=1S/C10H9ClN2O3/c1-10(2,14)4-3-8-9(13(15)16)5-7(11)6-12-8/h5-6,14H,1-2H3. The number of aliphatic hydroxyl groups is 1. The summed E-state index contributed by atoms with van der Waals surface area (Å²) in [5.41, 5.74) is -1.52. The van der Waals surface area contributed by atoms with Crippen molar-refractivity contribution < 1.29 is 10.0 Å². The van der Waals surface area contributed by atoms with Gasteiger partial charge in [0.2, 0.25) is 0 Å². The fraction of sp³-hybridized carbons (Fsp3) is 0.300. The van der Waals surface area contributed by atoms with E-state index in [0.717, 1.165) is 0 Å². The van der Waals surface area contributed by atoms with Crippen LogP contribution in [0, 0.1) is 22.0 Å². The van der Waals surface area contributed by atoms with E-state index in [1.165, 1.54) is 26.1 Å². The Kier molecular flexibility index (Phi) is 3.48. The van der Waals surface area contributed by atoms with Crippen LogP contribution in [0.15, 0.2) is 12.3 Å². The summed E-state index contributed by atoms with van der Waals surface area (Å²) in [6.07, 6.45) is 1.27. The van der Waals surface area contributed by atoms with Crippen molar-refractivity contribution in [3.05, 3.63) is 33.1 Å². The third-order valence-corrected chi connectivity index (χ3v) is 1.72. The minimum Gasteiger partial charge on any atom is -0.378 e. The molecule has 84 valence electrons. The third-order valence-electron chi connectivity index (χ3n) is 1.52. The molecule has 5 nitrogen and oxygen atoms in total. The Morgan fingerprint density at radius 1 is 1.62 bits per heavy atom. The van der Waals surface area contributed by atoms with Gasteiger partial charge in [0.05, 0.1) is 9.95 Å². The second-order valence-corrected chi connectivity index (χ2v) is 4.02. The maximum atomic E-state index is 10.7. The van der Waals surface area contributed by atoms with Gasteiger partial charge < -0.3 is 5.11 Å². The molecule has 1 rings (SSSR count). The Hall–Kier alpha value is -1.64. The van der Waals surface area contributed by atoms with Crippen LogP contribution >= 0.6 is 11.6 Å². The van der Waals surface area contributed by atoms with E-state index in [2.05, 4.69) is 16.8 Å². The summed E-state index contributed by atoms with van der Waals surface area (Å²) in [7, 11) is 0. The summed E-state index contributed by atoms with van der Waals surface area (Å²) in [6.45, 7) is 2.95. The molecular formula is C10H9ClN2O3. The Morgan fingerprint density at radius 3 is 2.75 bits per heavy atom. The molecule has 0 aromatic carbocycles. The van der Waals surface area contributed by atoms with Gasteiger partial charge in [-0.25, -0.2) is 4.98 Å². The number of halogens is 1. The SMILES string of the molecule is CC(C)(O)C#Cc1ncc(Cl)cc1[N+](=O)[O-]. The topological polar surface area (TPSA) is 76.3 Å². The van der Waals surface area contributed by atoms with Crippen LogP contribution in [0.5, 0.6) is 0 Å². The molecule has 0 amide bonds. The number of nitro groups is 1. The maximum Gasteiger partial charge on any atom is 0.304 e. The van der Waals surface area contributed by atoms with Gasteiger partial charge in [0, 0.05) is 12.3 Å².